The zero-order chi connectivity index (χ0) is 27.2. The van der Waals surface area contributed by atoms with E-state index in [1.165, 1.54) is 23.9 Å². The lowest BCUT2D eigenvalue weighted by Gasteiger charge is -2.17. The lowest BCUT2D eigenvalue weighted by atomic mass is 10.1. The van der Waals surface area contributed by atoms with Crippen molar-refractivity contribution in [1.29, 1.82) is 0 Å². The van der Waals surface area contributed by atoms with Gasteiger partial charge in [0.15, 0.2) is 16.7 Å². The maximum absolute atomic E-state index is 13.6. The molecule has 0 aliphatic carbocycles. The average molecular weight is 551 g/mol. The van der Waals surface area contributed by atoms with Gasteiger partial charge in [0.25, 0.3) is 5.91 Å². The molecule has 0 unspecified atom stereocenters. The summed E-state index contributed by atoms with van der Waals surface area (Å²) in [5.74, 6) is -0.278. The van der Waals surface area contributed by atoms with Crippen LogP contribution < -0.4 is 9.47 Å². The highest BCUT2D eigenvalue weighted by Gasteiger charge is 2.33. The van der Waals surface area contributed by atoms with E-state index in [2.05, 4.69) is 0 Å². The van der Waals surface area contributed by atoms with Crippen LogP contribution in [0.1, 0.15) is 41.8 Å². The summed E-state index contributed by atoms with van der Waals surface area (Å²) in [6, 6.07) is 19.3. The molecule has 0 spiro atoms. The second-order valence-corrected chi connectivity index (χ2v) is 10.0. The van der Waals surface area contributed by atoms with Crippen LogP contribution >= 0.6 is 23.4 Å². The zero-order valence-corrected chi connectivity index (χ0v) is 22.8. The maximum Gasteiger partial charge on any atom is 0.335 e. The van der Waals surface area contributed by atoms with Crippen molar-refractivity contribution in [2.75, 3.05) is 7.11 Å². The number of ether oxygens (including phenoxy) is 2. The Morgan fingerprint density at radius 2 is 1.87 bits per heavy atom. The second kappa shape index (κ2) is 12.2. The Balaban J connectivity index is 1.68. The molecule has 4 rings (SSSR count). The number of benzene rings is 3. The number of carboxylic acids is 1. The van der Waals surface area contributed by atoms with E-state index in [0.29, 0.717) is 37.8 Å². The van der Waals surface area contributed by atoms with Crippen LogP contribution in [0.2, 0.25) is 5.02 Å². The fraction of sp³-hybridized carbons (Fsp3) is 0.207. The molecule has 1 fully saturated rings. The van der Waals surface area contributed by atoms with Crippen molar-refractivity contribution in [2.24, 2.45) is 4.99 Å². The summed E-state index contributed by atoms with van der Waals surface area (Å²) in [6.45, 7) is 4.21. The number of aliphatic imine (C=N–C) groups is 1. The van der Waals surface area contributed by atoms with Gasteiger partial charge in [0.05, 0.1) is 40.9 Å². The molecule has 9 heteroatoms. The van der Waals surface area contributed by atoms with Gasteiger partial charge in [-0.25, -0.2) is 9.79 Å². The fourth-order valence-electron chi connectivity index (χ4n) is 3.65. The van der Waals surface area contributed by atoms with Gasteiger partial charge < -0.3 is 14.6 Å². The van der Waals surface area contributed by atoms with Gasteiger partial charge in [-0.3, -0.25) is 9.69 Å². The van der Waals surface area contributed by atoms with Crippen LogP contribution in [0.4, 0.5) is 5.69 Å². The van der Waals surface area contributed by atoms with E-state index in [1.54, 1.807) is 42.4 Å². The average Bonchev–Trinajstić information content (AvgIpc) is 3.19. The maximum atomic E-state index is 13.6. The number of thioether (sulfide) groups is 1. The predicted molar refractivity (Wildman–Crippen MR) is 151 cm³/mol. The Labute approximate surface area is 230 Å². The first kappa shape index (κ1) is 27.3. The third-order valence-electron chi connectivity index (χ3n) is 5.85. The smallest absolute Gasteiger partial charge is 0.335 e. The van der Waals surface area contributed by atoms with Gasteiger partial charge in [0.2, 0.25) is 0 Å². The number of para-hydroxylation sites is 1. The molecule has 3 aromatic carbocycles. The van der Waals surface area contributed by atoms with E-state index in [0.717, 1.165) is 12.0 Å². The number of carboxylic acid groups (broad SMARTS) is 1. The molecule has 0 aromatic heterocycles. The van der Waals surface area contributed by atoms with Gasteiger partial charge in [0.1, 0.15) is 0 Å². The van der Waals surface area contributed by atoms with E-state index in [4.69, 9.17) is 26.1 Å². The highest BCUT2D eigenvalue weighted by Crippen LogP contribution is 2.40. The molecule has 0 radical (unpaired) electrons. The van der Waals surface area contributed by atoms with Crippen LogP contribution in [0.3, 0.4) is 0 Å². The van der Waals surface area contributed by atoms with Crippen LogP contribution in [0.25, 0.3) is 6.08 Å². The monoisotopic (exact) mass is 550 g/mol. The van der Waals surface area contributed by atoms with Crippen LogP contribution in [-0.4, -0.2) is 40.3 Å². The first-order valence-corrected chi connectivity index (χ1v) is 13.2. The second-order valence-electron chi connectivity index (χ2n) is 8.60. The van der Waals surface area contributed by atoms with Gasteiger partial charge in [-0.05, 0) is 78.7 Å². The molecule has 196 valence electrons. The van der Waals surface area contributed by atoms with Gasteiger partial charge in [-0.1, -0.05) is 48.9 Å². The lowest BCUT2D eigenvalue weighted by molar-refractivity contribution is -0.122. The topological polar surface area (TPSA) is 88.4 Å². The molecule has 0 saturated carbocycles. The largest absolute Gasteiger partial charge is 0.493 e. The normalized spacial score (nSPS) is 16.2. The van der Waals surface area contributed by atoms with Crippen LogP contribution in [-0.2, 0) is 11.3 Å². The highest BCUT2D eigenvalue weighted by atomic mass is 35.5. The number of hydrogen-bond donors (Lipinski definition) is 1. The molecule has 3 aromatic rings. The molecule has 1 amide bonds. The first-order valence-electron chi connectivity index (χ1n) is 12.0. The number of methoxy groups -OCH3 is 1. The molecule has 1 heterocycles. The molecule has 1 atom stereocenters. The summed E-state index contributed by atoms with van der Waals surface area (Å²) in [6.07, 6.45) is 2.53. The Morgan fingerprint density at radius 3 is 2.50 bits per heavy atom. The summed E-state index contributed by atoms with van der Waals surface area (Å²) >= 11 is 7.80. The first-order chi connectivity index (χ1) is 18.3. The fourth-order valence-corrected chi connectivity index (χ4v) is 4.91. The van der Waals surface area contributed by atoms with Crippen molar-refractivity contribution in [3.8, 4) is 11.5 Å². The number of nitrogens with zero attached hydrogens (tertiary/aromatic N) is 2. The van der Waals surface area contributed by atoms with E-state index in [-0.39, 0.29) is 24.1 Å². The van der Waals surface area contributed by atoms with E-state index < -0.39 is 5.97 Å². The van der Waals surface area contributed by atoms with Crippen LogP contribution in [0.5, 0.6) is 11.5 Å². The van der Waals surface area contributed by atoms with Crippen molar-refractivity contribution in [1.82, 2.24) is 4.90 Å². The number of carbonyl (C=O) groups is 2. The number of rotatable bonds is 9. The van der Waals surface area contributed by atoms with Crippen molar-refractivity contribution >= 4 is 52.2 Å². The van der Waals surface area contributed by atoms with Gasteiger partial charge in [-0.2, -0.15) is 0 Å². The minimum atomic E-state index is -1.00. The number of amidine groups is 1. The molecule has 0 bridgehead atoms. The van der Waals surface area contributed by atoms with Gasteiger partial charge in [-0.15, -0.1) is 0 Å². The SMILES string of the molecule is CC[C@@H](C)Oc1c(Cl)cc(/C=C2\SC(=Nc3ccccc3)N(Cc3ccc(C(=O)O)cc3)C2=O)cc1OC. The minimum absolute atomic E-state index is 0.0348. The lowest BCUT2D eigenvalue weighted by Crippen LogP contribution is -2.28. The van der Waals surface area contributed by atoms with Crippen molar-refractivity contribution in [3.63, 3.8) is 0 Å². The van der Waals surface area contributed by atoms with Crippen molar-refractivity contribution in [2.45, 2.75) is 32.9 Å². The Hall–Kier alpha value is -3.75. The quantitative estimate of drug-likeness (QED) is 0.288. The Morgan fingerprint density at radius 1 is 1.16 bits per heavy atom. The van der Waals surface area contributed by atoms with Crippen molar-refractivity contribution in [3.05, 3.63) is 93.3 Å². The summed E-state index contributed by atoms with van der Waals surface area (Å²) < 4.78 is 11.5. The Bertz CT molecular complexity index is 1390. The molecule has 1 aliphatic rings. The van der Waals surface area contributed by atoms with E-state index >= 15 is 0 Å². The molecule has 1 saturated heterocycles. The van der Waals surface area contributed by atoms with Gasteiger partial charge in [0, 0.05) is 0 Å². The molecular weight excluding hydrogens is 524 g/mol. The molecule has 1 aliphatic heterocycles. The van der Waals surface area contributed by atoms with E-state index in [1.807, 2.05) is 44.2 Å². The van der Waals surface area contributed by atoms with Crippen molar-refractivity contribution < 1.29 is 24.2 Å². The minimum Gasteiger partial charge on any atom is -0.493 e. The molecular formula is C29H27ClN2O5S. The summed E-state index contributed by atoms with van der Waals surface area (Å²) in [5.41, 5.74) is 2.36. The summed E-state index contributed by atoms with van der Waals surface area (Å²) in [4.78, 5) is 31.5. The predicted octanol–water partition coefficient (Wildman–Crippen LogP) is 7.03. The van der Waals surface area contributed by atoms with E-state index in [9.17, 15) is 14.7 Å². The number of amides is 1. The zero-order valence-electron chi connectivity index (χ0n) is 21.2. The number of carbonyl (C=O) groups excluding carboxylic acids is 1. The highest BCUT2D eigenvalue weighted by molar-refractivity contribution is 8.18. The summed E-state index contributed by atoms with van der Waals surface area (Å²) in [7, 11) is 1.55. The van der Waals surface area contributed by atoms with Gasteiger partial charge >= 0.3 is 5.97 Å². The van der Waals surface area contributed by atoms with Crippen LogP contribution in [0.15, 0.2) is 76.6 Å². The number of aromatic carboxylic acids is 1. The number of halogens is 1. The third kappa shape index (κ3) is 6.38. The third-order valence-corrected chi connectivity index (χ3v) is 7.14. The number of hydrogen-bond acceptors (Lipinski definition) is 6. The Kier molecular flexibility index (Phi) is 8.76. The summed E-state index contributed by atoms with van der Waals surface area (Å²) in [5, 5.41) is 10.1. The standard InChI is InChI=1S/C29H27ClN2O5S/c1-4-18(2)37-26-23(30)14-20(15-24(26)36-3)16-25-27(33)32(17-19-10-12-21(13-11-19)28(34)35)29(38-25)31-22-8-6-5-7-9-22/h5-16,18H,4,17H2,1-3H3,(H,34,35)/b25-16-,31-29?/t18-/m1/s1. The molecule has 7 nitrogen and oxygen atoms in total. The van der Waals surface area contributed by atoms with Crippen LogP contribution in [0, 0.1) is 0 Å². The molecule has 38 heavy (non-hydrogen) atoms. The molecule has 1 N–H and O–H groups in total.